The summed E-state index contributed by atoms with van der Waals surface area (Å²) in [4.78, 5) is 13.6. The van der Waals surface area contributed by atoms with Gasteiger partial charge in [-0.1, -0.05) is 23.7 Å². The van der Waals surface area contributed by atoms with Gasteiger partial charge in [0.2, 0.25) is 0 Å². The molecule has 26 heavy (non-hydrogen) atoms. The van der Waals surface area contributed by atoms with Crippen LogP contribution >= 0.6 is 46.9 Å². The zero-order valence-corrected chi connectivity index (χ0v) is 18.4. The van der Waals surface area contributed by atoms with Crippen molar-refractivity contribution in [2.24, 2.45) is 10.7 Å². The van der Waals surface area contributed by atoms with Gasteiger partial charge in [0.1, 0.15) is 0 Å². The van der Waals surface area contributed by atoms with Crippen molar-refractivity contribution in [3.05, 3.63) is 46.4 Å². The molecule has 2 N–H and O–H groups in total. The molecule has 1 saturated carbocycles. The maximum atomic E-state index is 6.27. The molecule has 1 aliphatic heterocycles. The first-order chi connectivity index (χ1) is 12.2. The molecule has 1 aromatic carbocycles. The second-order valence-electron chi connectivity index (χ2n) is 6.75. The van der Waals surface area contributed by atoms with Crippen LogP contribution in [0.15, 0.2) is 40.8 Å². The van der Waals surface area contributed by atoms with Crippen molar-refractivity contribution in [2.45, 2.75) is 18.3 Å². The number of aromatic nitrogens is 1. The fourth-order valence-corrected chi connectivity index (χ4v) is 4.23. The third-order valence-electron chi connectivity index (χ3n) is 5.13. The van der Waals surface area contributed by atoms with E-state index in [1.165, 1.54) is 5.56 Å². The molecular formula is C18H23ClIN5S. The highest BCUT2D eigenvalue weighted by Crippen LogP contribution is 2.48. The zero-order valence-electron chi connectivity index (χ0n) is 14.5. The van der Waals surface area contributed by atoms with Crippen molar-refractivity contribution < 1.29 is 0 Å². The van der Waals surface area contributed by atoms with Crippen molar-refractivity contribution in [3.8, 4) is 0 Å². The molecule has 2 heterocycles. The van der Waals surface area contributed by atoms with E-state index in [2.05, 4.69) is 26.9 Å². The number of aliphatic imine (C=N–C) groups is 1. The lowest BCUT2D eigenvalue weighted by molar-refractivity contribution is 0.380. The van der Waals surface area contributed by atoms with Crippen molar-refractivity contribution in [1.29, 1.82) is 0 Å². The number of halogens is 2. The Morgan fingerprint density at radius 2 is 2.04 bits per heavy atom. The number of hydrogen-bond acceptors (Lipinski definition) is 4. The summed E-state index contributed by atoms with van der Waals surface area (Å²) in [6.07, 6.45) is 4.16. The van der Waals surface area contributed by atoms with Crippen LogP contribution in [0.25, 0.3) is 0 Å². The first-order valence-electron chi connectivity index (χ1n) is 8.62. The van der Waals surface area contributed by atoms with Crippen LogP contribution in [0.4, 0.5) is 5.13 Å². The minimum absolute atomic E-state index is 0. The summed E-state index contributed by atoms with van der Waals surface area (Å²) in [6, 6.07) is 8.15. The van der Waals surface area contributed by atoms with E-state index in [1.807, 2.05) is 23.7 Å². The Morgan fingerprint density at radius 3 is 2.65 bits per heavy atom. The molecule has 0 amide bonds. The minimum atomic E-state index is 0. The predicted octanol–water partition coefficient (Wildman–Crippen LogP) is 3.58. The normalized spacial score (nSPS) is 19.2. The molecule has 2 fully saturated rings. The Morgan fingerprint density at radius 1 is 1.27 bits per heavy atom. The van der Waals surface area contributed by atoms with Crippen LogP contribution in [0, 0.1) is 0 Å². The van der Waals surface area contributed by atoms with Crippen LogP contribution in [-0.2, 0) is 5.41 Å². The predicted molar refractivity (Wildman–Crippen MR) is 120 cm³/mol. The van der Waals surface area contributed by atoms with Crippen molar-refractivity contribution in [3.63, 3.8) is 0 Å². The van der Waals surface area contributed by atoms with E-state index >= 15 is 0 Å². The van der Waals surface area contributed by atoms with E-state index in [-0.39, 0.29) is 29.4 Å². The molecule has 1 aromatic heterocycles. The number of rotatable bonds is 4. The van der Waals surface area contributed by atoms with Gasteiger partial charge in [-0.05, 0) is 30.5 Å². The van der Waals surface area contributed by atoms with E-state index in [9.17, 15) is 0 Å². The largest absolute Gasteiger partial charge is 0.370 e. The third-order valence-corrected chi connectivity index (χ3v) is 6.20. The second kappa shape index (κ2) is 8.31. The number of nitrogens with zero attached hydrogens (tertiary/aromatic N) is 4. The smallest absolute Gasteiger partial charge is 0.191 e. The van der Waals surface area contributed by atoms with Gasteiger partial charge in [-0.15, -0.1) is 35.3 Å². The molecule has 0 atom stereocenters. The quantitative estimate of drug-likeness (QED) is 0.394. The topological polar surface area (TPSA) is 57.8 Å². The fourth-order valence-electron chi connectivity index (χ4n) is 3.34. The van der Waals surface area contributed by atoms with Gasteiger partial charge in [0.05, 0.1) is 6.54 Å². The Labute approximate surface area is 180 Å². The molecule has 0 unspecified atom stereocenters. The molecule has 4 rings (SSSR count). The van der Waals surface area contributed by atoms with Crippen molar-refractivity contribution in [1.82, 2.24) is 9.88 Å². The van der Waals surface area contributed by atoms with Gasteiger partial charge in [0.15, 0.2) is 11.1 Å². The summed E-state index contributed by atoms with van der Waals surface area (Å²) in [6.45, 7) is 4.39. The zero-order chi connectivity index (χ0) is 17.3. The van der Waals surface area contributed by atoms with Gasteiger partial charge in [-0.2, -0.15) is 0 Å². The van der Waals surface area contributed by atoms with Gasteiger partial charge in [0, 0.05) is 48.2 Å². The monoisotopic (exact) mass is 503 g/mol. The summed E-state index contributed by atoms with van der Waals surface area (Å²) < 4.78 is 0. The summed E-state index contributed by atoms with van der Waals surface area (Å²) in [5, 5.41) is 3.90. The van der Waals surface area contributed by atoms with Gasteiger partial charge in [-0.3, -0.25) is 4.99 Å². The van der Waals surface area contributed by atoms with Crippen molar-refractivity contribution in [2.75, 3.05) is 37.6 Å². The van der Waals surface area contributed by atoms with E-state index in [1.54, 1.807) is 11.3 Å². The summed E-state index contributed by atoms with van der Waals surface area (Å²) in [5.74, 6) is 0.659. The Balaban J connectivity index is 0.00000196. The van der Waals surface area contributed by atoms with E-state index in [0.29, 0.717) is 5.96 Å². The molecule has 140 valence electrons. The minimum Gasteiger partial charge on any atom is -0.370 e. The Bertz CT molecular complexity index is 755. The molecule has 1 saturated heterocycles. The van der Waals surface area contributed by atoms with Gasteiger partial charge in [0.25, 0.3) is 0 Å². The summed E-state index contributed by atoms with van der Waals surface area (Å²) in [5.41, 5.74) is 7.69. The molecule has 8 heteroatoms. The van der Waals surface area contributed by atoms with Crippen LogP contribution in [0.3, 0.4) is 0 Å². The SMILES string of the molecule is I.NC(=NCC1(c2cccc(Cl)c2)CC1)N1CCN(c2nccs2)CC1. The van der Waals surface area contributed by atoms with E-state index in [0.717, 1.165) is 55.7 Å². The van der Waals surface area contributed by atoms with Crippen LogP contribution in [-0.4, -0.2) is 48.6 Å². The first kappa shape index (κ1) is 19.7. The number of thiazole rings is 1. The average Bonchev–Trinajstić information content (AvgIpc) is 3.23. The summed E-state index contributed by atoms with van der Waals surface area (Å²) >= 11 is 7.83. The van der Waals surface area contributed by atoms with Gasteiger partial charge < -0.3 is 15.5 Å². The number of benzene rings is 1. The third kappa shape index (κ3) is 4.26. The molecule has 0 spiro atoms. The van der Waals surface area contributed by atoms with Crippen LogP contribution in [0.5, 0.6) is 0 Å². The number of anilines is 1. The van der Waals surface area contributed by atoms with E-state index in [4.69, 9.17) is 22.3 Å². The standard InChI is InChI=1S/C18H22ClN5S.HI/c19-15-3-1-2-14(12-15)18(4-5-18)13-22-16(20)23-7-9-24(10-8-23)17-21-6-11-25-17;/h1-3,6,11-12H,4-5,7-10,13H2,(H2,20,22);1H. The van der Waals surface area contributed by atoms with E-state index < -0.39 is 0 Å². The molecule has 0 bridgehead atoms. The lowest BCUT2D eigenvalue weighted by atomic mass is 9.96. The Hall–Kier alpha value is -1.06. The molecule has 2 aliphatic rings. The van der Waals surface area contributed by atoms with Gasteiger partial charge in [-0.25, -0.2) is 4.98 Å². The maximum absolute atomic E-state index is 6.27. The number of nitrogens with two attached hydrogens (primary N) is 1. The molecule has 2 aromatic rings. The molecule has 5 nitrogen and oxygen atoms in total. The van der Waals surface area contributed by atoms with Gasteiger partial charge >= 0.3 is 0 Å². The molecule has 1 aliphatic carbocycles. The lowest BCUT2D eigenvalue weighted by Crippen LogP contribution is -2.51. The Kier molecular flexibility index (Phi) is 6.29. The van der Waals surface area contributed by atoms with Crippen LogP contribution < -0.4 is 10.6 Å². The number of hydrogen-bond donors (Lipinski definition) is 1. The van der Waals surface area contributed by atoms with Crippen LogP contribution in [0.1, 0.15) is 18.4 Å². The number of piperazine rings is 1. The molecule has 0 radical (unpaired) electrons. The highest BCUT2D eigenvalue weighted by molar-refractivity contribution is 14.0. The highest BCUT2D eigenvalue weighted by atomic mass is 127. The number of guanidine groups is 1. The maximum Gasteiger partial charge on any atom is 0.191 e. The summed E-state index contributed by atoms with van der Waals surface area (Å²) in [7, 11) is 0. The second-order valence-corrected chi connectivity index (χ2v) is 8.06. The lowest BCUT2D eigenvalue weighted by Gasteiger charge is -2.35. The average molecular weight is 504 g/mol. The fraction of sp³-hybridized carbons (Fsp3) is 0.444. The molecular weight excluding hydrogens is 481 g/mol. The van der Waals surface area contributed by atoms with Crippen molar-refractivity contribution >= 4 is 58.0 Å². The first-order valence-corrected chi connectivity index (χ1v) is 9.87. The highest BCUT2D eigenvalue weighted by Gasteiger charge is 2.44. The van der Waals surface area contributed by atoms with Crippen LogP contribution in [0.2, 0.25) is 5.02 Å².